The molecule has 4 heteroatoms. The molecule has 0 saturated carbocycles. The number of carbonyl (C=O) groups is 1. The summed E-state index contributed by atoms with van der Waals surface area (Å²) in [6.45, 7) is 16.2. The number of Topliss-reactive ketones (excluding diaryl/α,β-unsaturated/α-hetero) is 1. The SMILES string of the molecule is CCC[N+](CC)(CC)CCOc1ccc(C(C)(c2ccccc2)C(Br)C(=O)c2ccccc2)cc1C. The highest BCUT2D eigenvalue weighted by atomic mass is 79.9. The van der Waals surface area contributed by atoms with Gasteiger partial charge in [-0.25, -0.2) is 0 Å². The van der Waals surface area contributed by atoms with Gasteiger partial charge in [0.2, 0.25) is 0 Å². The predicted octanol–water partition coefficient (Wildman–Crippen LogP) is 7.59. The van der Waals surface area contributed by atoms with E-state index in [1.54, 1.807) is 0 Å². The number of rotatable bonds is 13. The quantitative estimate of drug-likeness (QED) is 0.124. The van der Waals surface area contributed by atoms with Crippen LogP contribution in [-0.2, 0) is 5.41 Å². The number of hydrogen-bond donors (Lipinski definition) is 0. The van der Waals surface area contributed by atoms with Gasteiger partial charge in [-0.1, -0.05) is 95.7 Å². The lowest BCUT2D eigenvalue weighted by Crippen LogP contribution is -2.50. The van der Waals surface area contributed by atoms with Gasteiger partial charge in [-0.15, -0.1) is 0 Å². The molecule has 3 nitrogen and oxygen atoms in total. The van der Waals surface area contributed by atoms with Crippen LogP contribution < -0.4 is 4.74 Å². The molecule has 3 rings (SSSR count). The van der Waals surface area contributed by atoms with Crippen LogP contribution in [0.15, 0.2) is 78.9 Å². The van der Waals surface area contributed by atoms with Crippen LogP contribution >= 0.6 is 15.9 Å². The Morgan fingerprint density at radius 1 is 0.889 bits per heavy atom. The summed E-state index contributed by atoms with van der Waals surface area (Å²) in [7, 11) is 0. The molecule has 0 aliphatic rings. The van der Waals surface area contributed by atoms with Gasteiger partial charge in [0.1, 0.15) is 18.9 Å². The molecule has 0 bridgehead atoms. The van der Waals surface area contributed by atoms with E-state index < -0.39 is 10.2 Å². The van der Waals surface area contributed by atoms with Crippen molar-refractivity contribution in [2.75, 3.05) is 32.8 Å². The van der Waals surface area contributed by atoms with Crippen molar-refractivity contribution in [1.82, 2.24) is 0 Å². The van der Waals surface area contributed by atoms with E-state index in [-0.39, 0.29) is 5.78 Å². The van der Waals surface area contributed by atoms with Crippen molar-refractivity contribution in [1.29, 1.82) is 0 Å². The zero-order chi connectivity index (χ0) is 26.2. The van der Waals surface area contributed by atoms with Crippen molar-refractivity contribution in [3.05, 3.63) is 101 Å². The molecular formula is C32H41BrNO2+. The van der Waals surface area contributed by atoms with Gasteiger partial charge in [-0.05, 0) is 56.9 Å². The number of nitrogens with zero attached hydrogens (tertiary/aromatic N) is 1. The Morgan fingerprint density at radius 3 is 2.06 bits per heavy atom. The fourth-order valence-electron chi connectivity index (χ4n) is 5.18. The highest BCUT2D eigenvalue weighted by Crippen LogP contribution is 2.41. The standard InChI is InChI=1S/C32H41BrNO2/c1-6-21-34(7-2,8-3)22-23-36-29-20-19-28(24-25(29)4)32(5,27-17-13-10-14-18-27)31(33)30(35)26-15-11-9-12-16-26/h9-20,24,31H,6-8,21-23H2,1-5H3/q+1. The second kappa shape index (κ2) is 12.7. The average Bonchev–Trinajstić information content (AvgIpc) is 2.93. The Hall–Kier alpha value is -2.43. The first-order chi connectivity index (χ1) is 17.3. The number of carbonyl (C=O) groups excluding carboxylic acids is 1. The minimum Gasteiger partial charge on any atom is -0.487 e. The number of ether oxygens (including phenoxy) is 1. The molecule has 0 aliphatic carbocycles. The van der Waals surface area contributed by atoms with Gasteiger partial charge in [-0.2, -0.15) is 0 Å². The van der Waals surface area contributed by atoms with Crippen LogP contribution in [0.25, 0.3) is 0 Å². The first-order valence-electron chi connectivity index (χ1n) is 13.2. The Labute approximate surface area is 226 Å². The van der Waals surface area contributed by atoms with Crippen molar-refractivity contribution in [3.63, 3.8) is 0 Å². The summed E-state index contributed by atoms with van der Waals surface area (Å²) in [6.07, 6.45) is 1.18. The summed E-state index contributed by atoms with van der Waals surface area (Å²) in [6, 6.07) is 26.2. The third kappa shape index (κ3) is 6.10. The average molecular weight is 552 g/mol. The maximum atomic E-state index is 13.6. The maximum Gasteiger partial charge on any atom is 0.177 e. The minimum absolute atomic E-state index is 0.0732. The molecule has 0 fully saturated rings. The van der Waals surface area contributed by atoms with E-state index in [1.807, 2.05) is 48.5 Å². The first-order valence-corrected chi connectivity index (χ1v) is 14.1. The lowest BCUT2D eigenvalue weighted by molar-refractivity contribution is -0.924. The van der Waals surface area contributed by atoms with E-state index in [0.29, 0.717) is 12.2 Å². The second-order valence-corrected chi connectivity index (χ2v) is 10.8. The monoisotopic (exact) mass is 550 g/mol. The lowest BCUT2D eigenvalue weighted by atomic mass is 9.71. The van der Waals surface area contributed by atoms with Crippen LogP contribution in [0.4, 0.5) is 0 Å². The number of likely N-dealkylation sites (N-methyl/N-ethyl adjacent to an activating group) is 1. The Balaban J connectivity index is 1.90. The van der Waals surface area contributed by atoms with Crippen LogP contribution in [-0.4, -0.2) is 47.9 Å². The number of alkyl halides is 1. The summed E-state index contributed by atoms with van der Waals surface area (Å²) in [5.74, 6) is 0.987. The molecule has 36 heavy (non-hydrogen) atoms. The highest BCUT2D eigenvalue weighted by molar-refractivity contribution is 9.10. The largest absolute Gasteiger partial charge is 0.487 e. The fourth-order valence-corrected chi connectivity index (χ4v) is 5.97. The van der Waals surface area contributed by atoms with Crippen molar-refractivity contribution in [3.8, 4) is 5.75 Å². The van der Waals surface area contributed by atoms with Crippen molar-refractivity contribution >= 4 is 21.7 Å². The topological polar surface area (TPSA) is 26.3 Å². The molecule has 2 atom stereocenters. The number of benzene rings is 3. The molecule has 192 valence electrons. The van der Waals surface area contributed by atoms with Gasteiger partial charge in [0, 0.05) is 11.0 Å². The Kier molecular flexibility index (Phi) is 9.92. The number of halogens is 1. The van der Waals surface area contributed by atoms with Crippen LogP contribution in [0.3, 0.4) is 0 Å². The van der Waals surface area contributed by atoms with E-state index in [4.69, 9.17) is 4.74 Å². The molecule has 0 aromatic heterocycles. The Morgan fingerprint density at radius 2 is 1.50 bits per heavy atom. The van der Waals surface area contributed by atoms with Crippen molar-refractivity contribution < 1.29 is 14.0 Å². The van der Waals surface area contributed by atoms with E-state index in [0.717, 1.165) is 46.6 Å². The number of hydrogen-bond acceptors (Lipinski definition) is 2. The number of ketones is 1. The smallest absolute Gasteiger partial charge is 0.177 e. The zero-order valence-electron chi connectivity index (χ0n) is 22.5. The fraction of sp³-hybridized carbons (Fsp3) is 0.406. The summed E-state index contributed by atoms with van der Waals surface area (Å²) in [5.41, 5.74) is 3.41. The lowest BCUT2D eigenvalue weighted by Gasteiger charge is -2.37. The summed E-state index contributed by atoms with van der Waals surface area (Å²) in [5, 5.41) is 0. The number of aryl methyl sites for hydroxylation is 1. The summed E-state index contributed by atoms with van der Waals surface area (Å²) < 4.78 is 7.39. The van der Waals surface area contributed by atoms with E-state index in [9.17, 15) is 4.79 Å². The molecule has 0 radical (unpaired) electrons. The summed E-state index contributed by atoms with van der Waals surface area (Å²) >= 11 is 3.83. The Bertz CT molecular complexity index is 1110. The van der Waals surface area contributed by atoms with Gasteiger partial charge >= 0.3 is 0 Å². The predicted molar refractivity (Wildman–Crippen MR) is 154 cm³/mol. The normalized spacial score (nSPS) is 14.2. The third-order valence-electron chi connectivity index (χ3n) is 7.81. The number of quaternary nitrogens is 1. The van der Waals surface area contributed by atoms with Gasteiger partial charge < -0.3 is 9.22 Å². The molecule has 2 unspecified atom stereocenters. The molecule has 0 amide bonds. The van der Waals surface area contributed by atoms with Gasteiger partial charge in [0.05, 0.1) is 24.5 Å². The molecular weight excluding hydrogens is 510 g/mol. The molecule has 0 saturated heterocycles. The van der Waals surface area contributed by atoms with E-state index >= 15 is 0 Å². The molecule has 3 aromatic carbocycles. The molecule has 0 spiro atoms. The molecule has 0 heterocycles. The van der Waals surface area contributed by atoms with Crippen molar-refractivity contribution in [2.24, 2.45) is 0 Å². The van der Waals surface area contributed by atoms with Crippen LogP contribution in [0.1, 0.15) is 61.2 Å². The van der Waals surface area contributed by atoms with Gasteiger partial charge in [0.15, 0.2) is 5.78 Å². The maximum absolute atomic E-state index is 13.6. The van der Waals surface area contributed by atoms with Crippen molar-refractivity contribution in [2.45, 2.75) is 51.3 Å². The summed E-state index contributed by atoms with van der Waals surface area (Å²) in [4.78, 5) is 13.1. The molecule has 0 N–H and O–H groups in total. The van der Waals surface area contributed by atoms with Crippen LogP contribution in [0.5, 0.6) is 5.75 Å². The first kappa shape index (κ1) is 28.1. The van der Waals surface area contributed by atoms with Crippen LogP contribution in [0.2, 0.25) is 0 Å². The molecule has 3 aromatic rings. The van der Waals surface area contributed by atoms with E-state index in [2.05, 4.69) is 80.9 Å². The minimum atomic E-state index is -0.560. The van der Waals surface area contributed by atoms with Crippen LogP contribution in [0, 0.1) is 6.92 Å². The second-order valence-electron chi connectivity index (χ2n) is 9.91. The van der Waals surface area contributed by atoms with Gasteiger partial charge in [0.25, 0.3) is 0 Å². The zero-order valence-corrected chi connectivity index (χ0v) is 24.1. The highest BCUT2D eigenvalue weighted by Gasteiger charge is 2.41. The van der Waals surface area contributed by atoms with E-state index in [1.165, 1.54) is 13.0 Å². The third-order valence-corrected chi connectivity index (χ3v) is 9.14. The molecule has 0 aliphatic heterocycles. The van der Waals surface area contributed by atoms with Gasteiger partial charge in [-0.3, -0.25) is 4.79 Å².